The van der Waals surface area contributed by atoms with Crippen LogP contribution < -0.4 is 11.1 Å². The van der Waals surface area contributed by atoms with Crippen LogP contribution in [0.15, 0.2) is 18.2 Å². The minimum absolute atomic E-state index is 0.0544. The van der Waals surface area contributed by atoms with Crippen molar-refractivity contribution in [3.05, 3.63) is 28.3 Å². The number of benzene rings is 1. The molecule has 0 radical (unpaired) electrons. The molecule has 0 aliphatic heterocycles. The average molecular weight is 238 g/mol. The van der Waals surface area contributed by atoms with Gasteiger partial charge in [-0.25, -0.2) is 0 Å². The highest BCUT2D eigenvalue weighted by Gasteiger charge is 2.10. The maximum atomic E-state index is 10.6. The van der Waals surface area contributed by atoms with E-state index in [1.165, 1.54) is 6.07 Å². The van der Waals surface area contributed by atoms with E-state index in [9.17, 15) is 10.1 Å². The largest absolute Gasteiger partial charge is 0.393 e. The third-order valence-electron chi connectivity index (χ3n) is 2.59. The summed E-state index contributed by atoms with van der Waals surface area (Å²) in [7, 11) is 2.03. The topological polar surface area (TPSA) is 84.4 Å². The Balaban J connectivity index is 2.56. The van der Waals surface area contributed by atoms with Crippen LogP contribution in [-0.4, -0.2) is 36.5 Å². The highest BCUT2D eigenvalue weighted by molar-refractivity contribution is 5.65. The van der Waals surface area contributed by atoms with Gasteiger partial charge in [-0.15, -0.1) is 0 Å². The fourth-order valence-electron chi connectivity index (χ4n) is 1.38. The Kier molecular flexibility index (Phi) is 4.71. The number of anilines is 2. The lowest BCUT2D eigenvalue weighted by atomic mass is 10.2. The van der Waals surface area contributed by atoms with Crippen molar-refractivity contribution in [3.63, 3.8) is 0 Å². The molecule has 0 bridgehead atoms. The summed E-state index contributed by atoms with van der Waals surface area (Å²) in [6.07, 6.45) is 0. The number of hydrogen-bond acceptors (Lipinski definition) is 5. The summed E-state index contributed by atoms with van der Waals surface area (Å²) < 4.78 is 0. The molecule has 0 atom stereocenters. The number of likely N-dealkylation sites (N-methyl/N-ethyl adjacent to an activating group) is 1. The molecule has 94 valence electrons. The van der Waals surface area contributed by atoms with E-state index in [1.54, 1.807) is 12.1 Å². The zero-order chi connectivity index (χ0) is 12.8. The van der Waals surface area contributed by atoms with Crippen molar-refractivity contribution in [2.75, 3.05) is 37.7 Å². The molecule has 0 fully saturated rings. The van der Waals surface area contributed by atoms with E-state index in [0.717, 1.165) is 25.3 Å². The first-order valence-corrected chi connectivity index (χ1v) is 5.51. The molecule has 0 unspecified atom stereocenters. The van der Waals surface area contributed by atoms with Crippen molar-refractivity contribution in [2.24, 2.45) is 0 Å². The molecular formula is C11H18N4O2. The molecule has 6 heteroatoms. The lowest BCUT2D eigenvalue weighted by molar-refractivity contribution is -0.383. The van der Waals surface area contributed by atoms with Crippen molar-refractivity contribution < 1.29 is 4.92 Å². The molecule has 1 aromatic carbocycles. The summed E-state index contributed by atoms with van der Waals surface area (Å²) >= 11 is 0. The molecular weight excluding hydrogens is 220 g/mol. The van der Waals surface area contributed by atoms with Crippen LogP contribution in [0.4, 0.5) is 17.1 Å². The van der Waals surface area contributed by atoms with E-state index in [4.69, 9.17) is 5.73 Å². The first-order valence-electron chi connectivity index (χ1n) is 5.51. The van der Waals surface area contributed by atoms with Crippen LogP contribution in [0.2, 0.25) is 0 Å². The molecule has 17 heavy (non-hydrogen) atoms. The Labute approximate surface area is 101 Å². The van der Waals surface area contributed by atoms with Crippen molar-refractivity contribution >= 4 is 17.1 Å². The van der Waals surface area contributed by atoms with Gasteiger partial charge >= 0.3 is 0 Å². The highest BCUT2D eigenvalue weighted by Crippen LogP contribution is 2.24. The Morgan fingerprint density at radius 1 is 1.53 bits per heavy atom. The van der Waals surface area contributed by atoms with Crippen molar-refractivity contribution in [1.29, 1.82) is 0 Å². The molecule has 0 saturated heterocycles. The molecule has 0 heterocycles. The summed E-state index contributed by atoms with van der Waals surface area (Å²) in [6, 6.07) is 4.67. The standard InChI is InChI=1S/C11H18N4O2/c1-3-14(2)7-6-13-9-4-5-11(15(16)17)10(12)8-9/h4-5,8,13H,3,6-7,12H2,1-2H3. The first kappa shape index (κ1) is 13.2. The van der Waals surface area contributed by atoms with E-state index in [1.807, 2.05) is 7.05 Å². The second-order valence-corrected chi connectivity index (χ2v) is 3.85. The molecule has 0 spiro atoms. The first-order chi connectivity index (χ1) is 8.04. The molecule has 0 amide bonds. The number of nitrogen functional groups attached to an aromatic ring is 1. The second kappa shape index (κ2) is 6.05. The Hall–Kier alpha value is -1.82. The number of nitrogens with zero attached hydrogens (tertiary/aromatic N) is 2. The third kappa shape index (κ3) is 3.92. The molecule has 0 aliphatic carbocycles. The third-order valence-corrected chi connectivity index (χ3v) is 2.59. The molecule has 1 rings (SSSR count). The average Bonchev–Trinajstić information content (AvgIpc) is 2.28. The van der Waals surface area contributed by atoms with Crippen LogP contribution in [0.1, 0.15) is 6.92 Å². The van der Waals surface area contributed by atoms with Crippen LogP contribution in [0.3, 0.4) is 0 Å². The Bertz CT molecular complexity index is 395. The van der Waals surface area contributed by atoms with Gasteiger partial charge in [-0.3, -0.25) is 10.1 Å². The number of nitrogens with one attached hydrogen (secondary N) is 1. The van der Waals surface area contributed by atoms with Crippen molar-refractivity contribution in [1.82, 2.24) is 4.90 Å². The van der Waals surface area contributed by atoms with Gasteiger partial charge in [0.05, 0.1) is 4.92 Å². The van der Waals surface area contributed by atoms with Gasteiger partial charge in [0.1, 0.15) is 5.69 Å². The lowest BCUT2D eigenvalue weighted by Crippen LogP contribution is -2.24. The normalized spacial score (nSPS) is 10.5. The van der Waals surface area contributed by atoms with E-state index in [-0.39, 0.29) is 11.4 Å². The van der Waals surface area contributed by atoms with Gasteiger partial charge in [0.25, 0.3) is 5.69 Å². The number of hydrogen-bond donors (Lipinski definition) is 2. The smallest absolute Gasteiger partial charge is 0.292 e. The van der Waals surface area contributed by atoms with Crippen LogP contribution in [0.25, 0.3) is 0 Å². The van der Waals surface area contributed by atoms with Gasteiger partial charge in [-0.1, -0.05) is 6.92 Å². The van der Waals surface area contributed by atoms with E-state index in [2.05, 4.69) is 17.1 Å². The van der Waals surface area contributed by atoms with Crippen LogP contribution in [0, 0.1) is 10.1 Å². The predicted octanol–water partition coefficient (Wildman–Crippen LogP) is 1.54. The lowest BCUT2D eigenvalue weighted by Gasteiger charge is -2.14. The maximum absolute atomic E-state index is 10.6. The van der Waals surface area contributed by atoms with Crippen LogP contribution in [-0.2, 0) is 0 Å². The summed E-state index contributed by atoms with van der Waals surface area (Å²) in [6.45, 7) is 4.77. The second-order valence-electron chi connectivity index (χ2n) is 3.85. The highest BCUT2D eigenvalue weighted by atomic mass is 16.6. The molecule has 1 aromatic rings. The predicted molar refractivity (Wildman–Crippen MR) is 69.2 cm³/mol. The maximum Gasteiger partial charge on any atom is 0.292 e. The number of nitrogens with two attached hydrogens (primary N) is 1. The van der Waals surface area contributed by atoms with Gasteiger partial charge in [0.2, 0.25) is 0 Å². The van der Waals surface area contributed by atoms with Gasteiger partial charge in [-0.05, 0) is 25.7 Å². The number of nitro groups is 1. The quantitative estimate of drug-likeness (QED) is 0.446. The van der Waals surface area contributed by atoms with E-state index in [0.29, 0.717) is 0 Å². The van der Waals surface area contributed by atoms with Crippen molar-refractivity contribution in [2.45, 2.75) is 6.92 Å². The zero-order valence-electron chi connectivity index (χ0n) is 10.1. The number of rotatable bonds is 6. The Morgan fingerprint density at radius 2 is 2.24 bits per heavy atom. The fraction of sp³-hybridized carbons (Fsp3) is 0.455. The minimum atomic E-state index is -0.482. The van der Waals surface area contributed by atoms with Gasteiger partial charge in [-0.2, -0.15) is 0 Å². The summed E-state index contributed by atoms with van der Waals surface area (Å²) in [5.41, 5.74) is 6.52. The van der Waals surface area contributed by atoms with Crippen molar-refractivity contribution in [3.8, 4) is 0 Å². The Morgan fingerprint density at radius 3 is 2.76 bits per heavy atom. The number of nitro benzene ring substituents is 1. The summed E-state index contributed by atoms with van der Waals surface area (Å²) in [5.74, 6) is 0. The SMILES string of the molecule is CCN(C)CCNc1ccc([N+](=O)[O-])c(N)c1. The minimum Gasteiger partial charge on any atom is -0.393 e. The molecule has 6 nitrogen and oxygen atoms in total. The molecule has 0 aliphatic rings. The van der Waals surface area contributed by atoms with Gasteiger partial charge < -0.3 is 16.0 Å². The van der Waals surface area contributed by atoms with Gasteiger partial charge in [0, 0.05) is 24.8 Å². The van der Waals surface area contributed by atoms with E-state index >= 15 is 0 Å². The summed E-state index contributed by atoms with van der Waals surface area (Å²) in [4.78, 5) is 12.3. The monoisotopic (exact) mass is 238 g/mol. The van der Waals surface area contributed by atoms with Crippen LogP contribution >= 0.6 is 0 Å². The van der Waals surface area contributed by atoms with Crippen LogP contribution in [0.5, 0.6) is 0 Å². The van der Waals surface area contributed by atoms with E-state index < -0.39 is 4.92 Å². The fourth-order valence-corrected chi connectivity index (χ4v) is 1.38. The summed E-state index contributed by atoms with van der Waals surface area (Å²) in [5, 5.41) is 13.7. The molecule has 0 aromatic heterocycles. The molecule has 0 saturated carbocycles. The zero-order valence-corrected chi connectivity index (χ0v) is 10.1. The molecule has 3 N–H and O–H groups in total. The van der Waals surface area contributed by atoms with Gasteiger partial charge in [0.15, 0.2) is 0 Å².